The molecule has 0 unspecified atom stereocenters. The van der Waals surface area contributed by atoms with E-state index in [0.29, 0.717) is 24.3 Å². The Morgan fingerprint density at radius 1 is 1.26 bits per heavy atom. The molecule has 0 fully saturated rings. The van der Waals surface area contributed by atoms with Crippen molar-refractivity contribution in [3.8, 4) is 0 Å². The van der Waals surface area contributed by atoms with Crippen LogP contribution in [0.4, 0.5) is 0 Å². The molecule has 0 bridgehead atoms. The number of aromatic nitrogens is 4. The first kappa shape index (κ1) is 13.5. The molecule has 7 nitrogen and oxygen atoms in total. The molecule has 2 aromatic heterocycles. The zero-order chi connectivity index (χ0) is 14.0. The predicted octanol–water partition coefficient (Wildman–Crippen LogP) is -0.140. The fraction of sp³-hybridized carbons (Fsp3) is 0.583. The number of hydrogen-bond acceptors (Lipinski definition) is 4. The molecule has 0 spiro atoms. The van der Waals surface area contributed by atoms with Crippen molar-refractivity contribution in [3.05, 3.63) is 27.2 Å². The van der Waals surface area contributed by atoms with E-state index in [2.05, 4.69) is 4.98 Å². The van der Waals surface area contributed by atoms with Crippen molar-refractivity contribution in [2.24, 2.45) is 14.1 Å². The summed E-state index contributed by atoms with van der Waals surface area (Å²) in [5.41, 5.74) is 0.267. The monoisotopic (exact) mass is 266 g/mol. The van der Waals surface area contributed by atoms with Crippen molar-refractivity contribution in [2.75, 3.05) is 13.7 Å². The van der Waals surface area contributed by atoms with Crippen molar-refractivity contribution in [1.29, 1.82) is 0 Å². The number of fused-ring (bicyclic) bond motifs is 1. The van der Waals surface area contributed by atoms with Crippen LogP contribution in [0.2, 0.25) is 0 Å². The van der Waals surface area contributed by atoms with Crippen LogP contribution < -0.4 is 11.2 Å². The third-order valence-electron chi connectivity index (χ3n) is 3.18. The summed E-state index contributed by atoms with van der Waals surface area (Å²) in [5, 5.41) is 0. The first-order valence-corrected chi connectivity index (χ1v) is 6.17. The molecule has 0 atom stereocenters. The summed E-state index contributed by atoms with van der Waals surface area (Å²) < 4.78 is 9.27. The standard InChI is InChI=1S/C12H18N4O3/c1-14-8-13-10-9(14)11(17)16(12(18)15(10)2)6-4-5-7-19-3/h8H,4-7H2,1-3H3. The van der Waals surface area contributed by atoms with Crippen LogP contribution in [-0.2, 0) is 25.4 Å². The highest BCUT2D eigenvalue weighted by atomic mass is 16.5. The highest BCUT2D eigenvalue weighted by molar-refractivity contribution is 5.69. The lowest BCUT2D eigenvalue weighted by Gasteiger charge is -2.08. The minimum Gasteiger partial charge on any atom is -0.385 e. The van der Waals surface area contributed by atoms with Crippen LogP contribution in [0.5, 0.6) is 0 Å². The molecular formula is C12H18N4O3. The first-order chi connectivity index (χ1) is 9.07. The van der Waals surface area contributed by atoms with E-state index in [-0.39, 0.29) is 11.2 Å². The molecule has 104 valence electrons. The number of hydrogen-bond donors (Lipinski definition) is 0. The Hall–Kier alpha value is -1.89. The number of aryl methyl sites for hydroxylation is 2. The van der Waals surface area contributed by atoms with E-state index in [4.69, 9.17) is 4.74 Å². The third kappa shape index (κ3) is 2.33. The molecule has 7 heteroatoms. The summed E-state index contributed by atoms with van der Waals surface area (Å²) in [6, 6.07) is 0. The van der Waals surface area contributed by atoms with Crippen molar-refractivity contribution in [2.45, 2.75) is 19.4 Å². The molecule has 0 aromatic carbocycles. The Kier molecular flexibility index (Phi) is 3.84. The maximum atomic E-state index is 12.3. The maximum Gasteiger partial charge on any atom is 0.332 e. The third-order valence-corrected chi connectivity index (χ3v) is 3.18. The lowest BCUT2D eigenvalue weighted by Crippen LogP contribution is -2.39. The van der Waals surface area contributed by atoms with E-state index in [1.54, 1.807) is 32.1 Å². The summed E-state index contributed by atoms with van der Waals surface area (Å²) in [7, 11) is 5.01. The Labute approximate surface area is 110 Å². The maximum absolute atomic E-state index is 12.3. The van der Waals surface area contributed by atoms with E-state index in [0.717, 1.165) is 12.8 Å². The van der Waals surface area contributed by atoms with Crippen molar-refractivity contribution in [3.63, 3.8) is 0 Å². The van der Waals surface area contributed by atoms with Gasteiger partial charge in [-0.05, 0) is 12.8 Å². The molecular weight excluding hydrogens is 248 g/mol. The molecule has 0 aliphatic rings. The SMILES string of the molecule is COCCCCn1c(=O)c2c(ncn2C)n(C)c1=O. The molecule has 0 N–H and O–H groups in total. The van der Waals surface area contributed by atoms with Gasteiger partial charge in [0.1, 0.15) is 0 Å². The molecule has 0 saturated heterocycles. The average molecular weight is 266 g/mol. The highest BCUT2D eigenvalue weighted by Gasteiger charge is 2.14. The van der Waals surface area contributed by atoms with Gasteiger partial charge in [-0.3, -0.25) is 13.9 Å². The Morgan fingerprint density at radius 3 is 2.68 bits per heavy atom. The first-order valence-electron chi connectivity index (χ1n) is 6.17. The lowest BCUT2D eigenvalue weighted by atomic mass is 10.3. The van der Waals surface area contributed by atoms with Crippen molar-refractivity contribution < 1.29 is 4.74 Å². The van der Waals surface area contributed by atoms with Gasteiger partial charge < -0.3 is 9.30 Å². The summed E-state index contributed by atoms with van der Waals surface area (Å²) in [4.78, 5) is 28.5. The zero-order valence-corrected chi connectivity index (χ0v) is 11.4. The number of ether oxygens (including phenoxy) is 1. The minimum absolute atomic E-state index is 0.282. The molecule has 2 rings (SSSR count). The van der Waals surface area contributed by atoms with Crippen LogP contribution in [0.3, 0.4) is 0 Å². The summed E-state index contributed by atoms with van der Waals surface area (Å²) in [6.07, 6.45) is 3.09. The van der Waals surface area contributed by atoms with Gasteiger partial charge in [0, 0.05) is 34.4 Å². The summed E-state index contributed by atoms with van der Waals surface area (Å²) >= 11 is 0. The number of imidazole rings is 1. The zero-order valence-electron chi connectivity index (χ0n) is 11.4. The molecule has 2 aromatic rings. The van der Waals surface area contributed by atoms with Crippen LogP contribution in [-0.4, -0.2) is 32.4 Å². The van der Waals surface area contributed by atoms with E-state index in [1.807, 2.05) is 0 Å². The van der Waals surface area contributed by atoms with Crippen LogP contribution in [0.25, 0.3) is 11.2 Å². The van der Waals surface area contributed by atoms with Gasteiger partial charge in [-0.1, -0.05) is 0 Å². The molecule has 2 heterocycles. The number of methoxy groups -OCH3 is 1. The quantitative estimate of drug-likeness (QED) is 0.706. The van der Waals surface area contributed by atoms with Gasteiger partial charge in [-0.25, -0.2) is 9.78 Å². The smallest absolute Gasteiger partial charge is 0.332 e. The van der Waals surface area contributed by atoms with E-state index >= 15 is 0 Å². The van der Waals surface area contributed by atoms with E-state index in [9.17, 15) is 9.59 Å². The molecule has 0 aliphatic heterocycles. The fourth-order valence-electron chi connectivity index (χ4n) is 2.11. The minimum atomic E-state index is -0.325. The molecule has 0 radical (unpaired) electrons. The number of unbranched alkanes of at least 4 members (excludes halogenated alkanes) is 1. The normalized spacial score (nSPS) is 11.3. The van der Waals surface area contributed by atoms with Gasteiger partial charge in [0.05, 0.1) is 6.33 Å². The summed E-state index contributed by atoms with van der Waals surface area (Å²) in [5.74, 6) is 0. The molecule has 19 heavy (non-hydrogen) atoms. The van der Waals surface area contributed by atoms with Crippen LogP contribution in [0.1, 0.15) is 12.8 Å². The van der Waals surface area contributed by atoms with Crippen molar-refractivity contribution in [1.82, 2.24) is 18.7 Å². The molecule has 0 amide bonds. The van der Waals surface area contributed by atoms with Gasteiger partial charge in [0.15, 0.2) is 11.2 Å². The Bertz CT molecular complexity index is 695. The van der Waals surface area contributed by atoms with Gasteiger partial charge in [0.2, 0.25) is 0 Å². The van der Waals surface area contributed by atoms with Gasteiger partial charge in [-0.15, -0.1) is 0 Å². The van der Waals surface area contributed by atoms with Gasteiger partial charge >= 0.3 is 5.69 Å². The fourth-order valence-corrected chi connectivity index (χ4v) is 2.11. The van der Waals surface area contributed by atoms with Crippen LogP contribution in [0, 0.1) is 0 Å². The second-order valence-corrected chi connectivity index (χ2v) is 4.53. The number of nitrogens with zero attached hydrogens (tertiary/aromatic N) is 4. The van der Waals surface area contributed by atoms with Crippen LogP contribution in [0.15, 0.2) is 15.9 Å². The summed E-state index contributed by atoms with van der Waals surface area (Å²) in [6.45, 7) is 1.03. The van der Waals surface area contributed by atoms with Gasteiger partial charge in [-0.2, -0.15) is 0 Å². The largest absolute Gasteiger partial charge is 0.385 e. The van der Waals surface area contributed by atoms with E-state index in [1.165, 1.54) is 9.13 Å². The molecule has 0 aliphatic carbocycles. The van der Waals surface area contributed by atoms with Gasteiger partial charge in [0.25, 0.3) is 5.56 Å². The number of rotatable bonds is 5. The molecule has 0 saturated carbocycles. The Balaban J connectivity index is 2.46. The van der Waals surface area contributed by atoms with E-state index < -0.39 is 0 Å². The predicted molar refractivity (Wildman–Crippen MR) is 71.3 cm³/mol. The van der Waals surface area contributed by atoms with Crippen molar-refractivity contribution >= 4 is 11.2 Å². The average Bonchev–Trinajstić information content (AvgIpc) is 2.77. The van der Waals surface area contributed by atoms with Crippen LogP contribution >= 0.6 is 0 Å². The topological polar surface area (TPSA) is 71.1 Å². The Morgan fingerprint density at radius 2 is 2.00 bits per heavy atom. The second kappa shape index (κ2) is 5.40. The second-order valence-electron chi connectivity index (χ2n) is 4.53. The highest BCUT2D eigenvalue weighted by Crippen LogP contribution is 2.03. The lowest BCUT2D eigenvalue weighted by molar-refractivity contribution is 0.191.